The minimum atomic E-state index is -0.171. The molecule has 2 rings (SSSR count). The summed E-state index contributed by atoms with van der Waals surface area (Å²) in [6.45, 7) is 2.31. The fraction of sp³-hybridized carbons (Fsp3) is 0.125. The minimum absolute atomic E-state index is 0.171. The maximum absolute atomic E-state index is 13.4. The molecule has 0 saturated heterocycles. The van der Waals surface area contributed by atoms with Crippen LogP contribution in [-0.4, -0.2) is 0 Å². The molecule has 2 N–H and O–H groups in total. The van der Waals surface area contributed by atoms with Crippen molar-refractivity contribution in [1.82, 2.24) is 0 Å². The molecule has 1 nitrogen and oxygen atoms in total. The molecule has 0 aliphatic rings. The van der Waals surface area contributed by atoms with Gasteiger partial charge in [-0.2, -0.15) is 0 Å². The summed E-state index contributed by atoms with van der Waals surface area (Å²) in [5.74, 6) is -0.171. The maximum atomic E-state index is 13.4. The van der Waals surface area contributed by atoms with Crippen LogP contribution in [0.25, 0.3) is 12.2 Å². The molecule has 0 spiro atoms. The Hall–Kier alpha value is -1.93. The highest BCUT2D eigenvalue weighted by Crippen LogP contribution is 2.13. The van der Waals surface area contributed by atoms with Gasteiger partial charge in [-0.3, -0.25) is 0 Å². The van der Waals surface area contributed by atoms with Crippen molar-refractivity contribution in [2.75, 3.05) is 0 Å². The Labute approximate surface area is 107 Å². The lowest BCUT2D eigenvalue weighted by Gasteiger charge is -1.99. The Bertz CT molecular complexity index is 556. The van der Waals surface area contributed by atoms with Gasteiger partial charge in [-0.1, -0.05) is 48.6 Å². The monoisotopic (exact) mass is 241 g/mol. The van der Waals surface area contributed by atoms with Gasteiger partial charge in [-0.05, 0) is 35.2 Å². The fourth-order valence-electron chi connectivity index (χ4n) is 1.67. The zero-order chi connectivity index (χ0) is 13.0. The molecular weight excluding hydrogens is 225 g/mol. The van der Waals surface area contributed by atoms with Crippen molar-refractivity contribution in [3.05, 3.63) is 70.5 Å². The van der Waals surface area contributed by atoms with Crippen LogP contribution in [0.2, 0.25) is 0 Å². The second-order valence-electron chi connectivity index (χ2n) is 4.29. The van der Waals surface area contributed by atoms with Crippen LogP contribution in [0.4, 0.5) is 4.39 Å². The van der Waals surface area contributed by atoms with Crippen molar-refractivity contribution in [3.8, 4) is 0 Å². The SMILES string of the molecule is Cc1ccc(/C=C/c2ccc(CN)cc2)cc1F. The summed E-state index contributed by atoms with van der Waals surface area (Å²) in [5, 5.41) is 0. The van der Waals surface area contributed by atoms with E-state index < -0.39 is 0 Å². The second-order valence-corrected chi connectivity index (χ2v) is 4.29. The van der Waals surface area contributed by atoms with Gasteiger partial charge in [0, 0.05) is 6.54 Å². The van der Waals surface area contributed by atoms with Crippen LogP contribution in [0.15, 0.2) is 42.5 Å². The minimum Gasteiger partial charge on any atom is -0.326 e. The third-order valence-corrected chi connectivity index (χ3v) is 2.88. The van der Waals surface area contributed by atoms with E-state index >= 15 is 0 Å². The number of benzene rings is 2. The van der Waals surface area contributed by atoms with Crippen LogP contribution in [-0.2, 0) is 6.54 Å². The summed E-state index contributed by atoms with van der Waals surface area (Å²) in [6, 6.07) is 13.2. The van der Waals surface area contributed by atoms with Crippen molar-refractivity contribution in [1.29, 1.82) is 0 Å². The van der Waals surface area contributed by atoms with E-state index in [4.69, 9.17) is 5.73 Å². The summed E-state index contributed by atoms with van der Waals surface area (Å²) in [5.41, 5.74) is 9.25. The average molecular weight is 241 g/mol. The van der Waals surface area contributed by atoms with Gasteiger partial charge in [0.15, 0.2) is 0 Å². The molecule has 0 unspecified atom stereocenters. The molecular formula is C16H16FN. The lowest BCUT2D eigenvalue weighted by atomic mass is 10.1. The molecule has 0 saturated carbocycles. The smallest absolute Gasteiger partial charge is 0.126 e. The van der Waals surface area contributed by atoms with Crippen LogP contribution in [0.3, 0.4) is 0 Å². The van der Waals surface area contributed by atoms with Gasteiger partial charge in [0.05, 0.1) is 0 Å². The number of rotatable bonds is 3. The average Bonchev–Trinajstić information content (AvgIpc) is 2.41. The first-order valence-corrected chi connectivity index (χ1v) is 5.92. The van der Waals surface area contributed by atoms with E-state index in [0.717, 1.165) is 16.7 Å². The molecule has 2 heteroatoms. The molecule has 2 aromatic rings. The topological polar surface area (TPSA) is 26.0 Å². The van der Waals surface area contributed by atoms with Crippen LogP contribution in [0.1, 0.15) is 22.3 Å². The molecule has 0 bridgehead atoms. The Morgan fingerprint density at radius 2 is 1.61 bits per heavy atom. The quantitative estimate of drug-likeness (QED) is 0.813. The van der Waals surface area contributed by atoms with E-state index in [-0.39, 0.29) is 5.82 Å². The van der Waals surface area contributed by atoms with Gasteiger partial charge in [-0.25, -0.2) is 4.39 Å². The highest BCUT2D eigenvalue weighted by Gasteiger charge is 1.96. The summed E-state index contributed by atoms with van der Waals surface area (Å²) >= 11 is 0. The highest BCUT2D eigenvalue weighted by molar-refractivity contribution is 5.69. The number of hydrogen-bond donors (Lipinski definition) is 1. The van der Waals surface area contributed by atoms with Crippen molar-refractivity contribution in [2.45, 2.75) is 13.5 Å². The Kier molecular flexibility index (Phi) is 3.90. The summed E-state index contributed by atoms with van der Waals surface area (Å²) in [6.07, 6.45) is 3.87. The van der Waals surface area contributed by atoms with Gasteiger partial charge < -0.3 is 5.73 Å². The van der Waals surface area contributed by atoms with Gasteiger partial charge >= 0.3 is 0 Å². The van der Waals surface area contributed by atoms with E-state index in [0.29, 0.717) is 12.1 Å². The zero-order valence-corrected chi connectivity index (χ0v) is 10.4. The van der Waals surface area contributed by atoms with Crippen LogP contribution in [0, 0.1) is 12.7 Å². The van der Waals surface area contributed by atoms with Crippen molar-refractivity contribution < 1.29 is 4.39 Å². The molecule has 0 aliphatic heterocycles. The molecule has 2 aromatic carbocycles. The first-order chi connectivity index (χ1) is 8.69. The number of halogens is 1. The number of nitrogens with two attached hydrogens (primary N) is 1. The normalized spacial score (nSPS) is 11.1. The van der Waals surface area contributed by atoms with E-state index in [1.807, 2.05) is 42.5 Å². The van der Waals surface area contributed by atoms with Crippen molar-refractivity contribution in [2.24, 2.45) is 5.73 Å². The third kappa shape index (κ3) is 3.05. The predicted octanol–water partition coefficient (Wildman–Crippen LogP) is 3.76. The van der Waals surface area contributed by atoms with E-state index in [1.165, 1.54) is 0 Å². The lowest BCUT2D eigenvalue weighted by Crippen LogP contribution is -1.94. The number of aryl methyl sites for hydroxylation is 1. The van der Waals surface area contributed by atoms with E-state index in [1.54, 1.807) is 19.1 Å². The van der Waals surface area contributed by atoms with Crippen LogP contribution in [0.5, 0.6) is 0 Å². The Balaban J connectivity index is 2.16. The van der Waals surface area contributed by atoms with Crippen LogP contribution < -0.4 is 5.73 Å². The largest absolute Gasteiger partial charge is 0.326 e. The molecule has 0 heterocycles. The maximum Gasteiger partial charge on any atom is 0.126 e. The molecule has 0 aliphatic carbocycles. The van der Waals surface area contributed by atoms with Gasteiger partial charge in [0.2, 0.25) is 0 Å². The van der Waals surface area contributed by atoms with Crippen molar-refractivity contribution in [3.63, 3.8) is 0 Å². The summed E-state index contributed by atoms with van der Waals surface area (Å²) in [7, 11) is 0. The Morgan fingerprint density at radius 3 is 2.22 bits per heavy atom. The van der Waals surface area contributed by atoms with Crippen LogP contribution >= 0.6 is 0 Å². The summed E-state index contributed by atoms with van der Waals surface area (Å²) < 4.78 is 13.4. The second kappa shape index (κ2) is 5.61. The molecule has 0 amide bonds. The predicted molar refractivity (Wildman–Crippen MR) is 74.4 cm³/mol. The third-order valence-electron chi connectivity index (χ3n) is 2.88. The first kappa shape index (κ1) is 12.5. The highest BCUT2D eigenvalue weighted by atomic mass is 19.1. The van der Waals surface area contributed by atoms with Gasteiger partial charge in [-0.15, -0.1) is 0 Å². The molecule has 0 aromatic heterocycles. The molecule has 92 valence electrons. The van der Waals surface area contributed by atoms with Gasteiger partial charge in [0.25, 0.3) is 0 Å². The zero-order valence-electron chi connectivity index (χ0n) is 10.4. The van der Waals surface area contributed by atoms with Crippen molar-refractivity contribution >= 4 is 12.2 Å². The fourth-order valence-corrected chi connectivity index (χ4v) is 1.67. The summed E-state index contributed by atoms with van der Waals surface area (Å²) in [4.78, 5) is 0. The molecule has 0 atom stereocenters. The molecule has 0 radical (unpaired) electrons. The molecule has 18 heavy (non-hydrogen) atoms. The lowest BCUT2D eigenvalue weighted by molar-refractivity contribution is 0.618. The Morgan fingerprint density at radius 1 is 1.00 bits per heavy atom. The van der Waals surface area contributed by atoms with E-state index in [2.05, 4.69) is 0 Å². The first-order valence-electron chi connectivity index (χ1n) is 5.92. The number of hydrogen-bond acceptors (Lipinski definition) is 1. The van der Waals surface area contributed by atoms with E-state index in [9.17, 15) is 4.39 Å². The molecule has 0 fully saturated rings. The standard InChI is InChI=1S/C16H16FN/c1-12-2-3-14(10-16(12)17)7-4-13-5-8-15(11-18)9-6-13/h2-10H,11,18H2,1H3/b7-4+. The van der Waals surface area contributed by atoms with Gasteiger partial charge in [0.1, 0.15) is 5.82 Å².